The van der Waals surface area contributed by atoms with Crippen molar-refractivity contribution in [1.29, 1.82) is 0 Å². The summed E-state index contributed by atoms with van der Waals surface area (Å²) >= 11 is 6.22. The summed E-state index contributed by atoms with van der Waals surface area (Å²) in [6.45, 7) is 10.0. The van der Waals surface area contributed by atoms with Crippen LogP contribution in [0, 0.1) is 19.3 Å². The predicted molar refractivity (Wildman–Crippen MR) is 124 cm³/mol. The van der Waals surface area contributed by atoms with Gasteiger partial charge in [0.15, 0.2) is 0 Å². The fourth-order valence-corrected chi connectivity index (χ4v) is 4.11. The molecule has 1 aliphatic rings. The second-order valence-corrected chi connectivity index (χ2v) is 9.65. The summed E-state index contributed by atoms with van der Waals surface area (Å²) in [6.07, 6.45) is 0. The van der Waals surface area contributed by atoms with Gasteiger partial charge in [-0.15, -0.1) is 0 Å². The molecule has 1 aliphatic heterocycles. The molecule has 3 aromatic rings. The zero-order chi connectivity index (χ0) is 23.5. The number of halogens is 1. The van der Waals surface area contributed by atoms with Crippen LogP contribution in [-0.4, -0.2) is 10.9 Å². The van der Waals surface area contributed by atoms with Crippen molar-refractivity contribution in [3.8, 4) is 0 Å². The van der Waals surface area contributed by atoms with Crippen LogP contribution in [0.15, 0.2) is 32.2 Å². The highest BCUT2D eigenvalue weighted by Crippen LogP contribution is 2.39. The Bertz CT molecular complexity index is 1290. The minimum atomic E-state index is -0.661. The summed E-state index contributed by atoms with van der Waals surface area (Å²) in [4.78, 5) is 37.4. The maximum atomic E-state index is 12.5. The first kappa shape index (κ1) is 22.1. The van der Waals surface area contributed by atoms with E-state index in [1.165, 1.54) is 0 Å². The van der Waals surface area contributed by atoms with Crippen molar-refractivity contribution < 1.29 is 9.21 Å². The smallest absolute Gasteiger partial charge is 0.270 e. The normalized spacial score (nSPS) is 14.7. The molecule has 0 bridgehead atoms. The summed E-state index contributed by atoms with van der Waals surface area (Å²) in [6, 6.07) is 4.78. The molecule has 4 N–H and O–H groups in total. The first-order valence-corrected chi connectivity index (χ1v) is 10.6. The Morgan fingerprint density at radius 2 is 1.78 bits per heavy atom. The lowest BCUT2D eigenvalue weighted by atomic mass is 9.84. The lowest BCUT2D eigenvalue weighted by Gasteiger charge is -2.31. The molecule has 9 heteroatoms. The van der Waals surface area contributed by atoms with E-state index in [1.54, 1.807) is 12.1 Å². The molecule has 0 aliphatic carbocycles. The lowest BCUT2D eigenvalue weighted by Crippen LogP contribution is -2.39. The van der Waals surface area contributed by atoms with Gasteiger partial charge < -0.3 is 15.1 Å². The highest BCUT2D eigenvalue weighted by atomic mass is 35.5. The number of aryl methyl sites for hydroxylation is 2. The van der Waals surface area contributed by atoms with Crippen molar-refractivity contribution in [2.75, 3.05) is 10.6 Å². The number of carbonyl (C=O) groups excluding carboxylic acids is 1. The van der Waals surface area contributed by atoms with Crippen LogP contribution in [0.25, 0.3) is 0 Å². The maximum absolute atomic E-state index is 12.5. The molecule has 1 amide bonds. The molecule has 0 radical (unpaired) electrons. The zero-order valence-electron chi connectivity index (χ0n) is 18.6. The van der Waals surface area contributed by atoms with Crippen LogP contribution in [0.4, 0.5) is 17.1 Å². The number of fused-ring (bicyclic) bond motifs is 1. The van der Waals surface area contributed by atoms with Gasteiger partial charge in [-0.3, -0.25) is 19.4 Å². The van der Waals surface area contributed by atoms with Gasteiger partial charge in [-0.1, -0.05) is 32.4 Å². The van der Waals surface area contributed by atoms with Crippen LogP contribution >= 0.6 is 11.6 Å². The summed E-state index contributed by atoms with van der Waals surface area (Å²) in [5.41, 5.74) is 0.874. The van der Waals surface area contributed by atoms with E-state index in [-0.39, 0.29) is 29.4 Å². The topological polar surface area (TPSA) is 118 Å². The molecule has 4 rings (SSSR count). The highest BCUT2D eigenvalue weighted by molar-refractivity contribution is 6.32. The van der Waals surface area contributed by atoms with Gasteiger partial charge in [-0.25, -0.2) is 5.84 Å². The fourth-order valence-electron chi connectivity index (χ4n) is 3.90. The number of amides is 1. The minimum Gasteiger partial charge on any atom is -0.464 e. The van der Waals surface area contributed by atoms with E-state index < -0.39 is 16.8 Å². The molecule has 32 heavy (non-hydrogen) atoms. The predicted octanol–water partition coefficient (Wildman–Crippen LogP) is 3.92. The van der Waals surface area contributed by atoms with Gasteiger partial charge in [-0.2, -0.15) is 0 Å². The number of hydrogen-bond donors (Lipinski definition) is 3. The third kappa shape index (κ3) is 3.49. The number of rotatable bonds is 5. The van der Waals surface area contributed by atoms with Gasteiger partial charge in [0.2, 0.25) is 0 Å². The van der Waals surface area contributed by atoms with Crippen molar-refractivity contribution in [2.45, 2.75) is 47.2 Å². The molecule has 1 aromatic heterocycles. The summed E-state index contributed by atoms with van der Waals surface area (Å²) < 4.78 is 5.91. The first-order valence-electron chi connectivity index (χ1n) is 10.2. The van der Waals surface area contributed by atoms with Gasteiger partial charge >= 0.3 is 0 Å². The van der Waals surface area contributed by atoms with Gasteiger partial charge in [0.25, 0.3) is 16.8 Å². The maximum Gasteiger partial charge on any atom is 0.270 e. The number of anilines is 3. The Morgan fingerprint density at radius 1 is 1.12 bits per heavy atom. The molecule has 8 nitrogen and oxygen atoms in total. The average Bonchev–Trinajstić information content (AvgIpc) is 3.20. The Hall–Kier alpha value is -3.10. The number of nitrogens with zero attached hydrogens (tertiary/aromatic N) is 1. The Kier molecular flexibility index (Phi) is 5.18. The molecule has 1 atom stereocenters. The average molecular weight is 457 g/mol. The molecule has 0 saturated carbocycles. The van der Waals surface area contributed by atoms with E-state index in [0.29, 0.717) is 27.6 Å². The number of furan rings is 1. The molecule has 0 spiro atoms. The zero-order valence-corrected chi connectivity index (χ0v) is 19.3. The summed E-state index contributed by atoms with van der Waals surface area (Å²) in [5, 5.41) is 7.64. The fraction of sp³-hybridized carbons (Fsp3) is 0.348. The summed E-state index contributed by atoms with van der Waals surface area (Å²) in [7, 11) is 0. The van der Waals surface area contributed by atoms with Crippen LogP contribution in [0.5, 0.6) is 0 Å². The molecule has 0 saturated heterocycles. The largest absolute Gasteiger partial charge is 0.464 e. The third-order valence-electron chi connectivity index (χ3n) is 5.85. The molecule has 0 fully saturated rings. The van der Waals surface area contributed by atoms with Crippen molar-refractivity contribution in [2.24, 2.45) is 11.3 Å². The lowest BCUT2D eigenvalue weighted by molar-refractivity contribution is 0.0779. The van der Waals surface area contributed by atoms with E-state index >= 15 is 0 Å². The molecule has 2 aromatic carbocycles. The number of nitrogens with one attached hydrogen (secondary N) is 2. The van der Waals surface area contributed by atoms with Gasteiger partial charge in [0.05, 0.1) is 23.8 Å². The van der Waals surface area contributed by atoms with E-state index in [2.05, 4.69) is 10.6 Å². The van der Waals surface area contributed by atoms with Crippen LogP contribution in [0.1, 0.15) is 59.8 Å². The molecular weight excluding hydrogens is 432 g/mol. The highest BCUT2D eigenvalue weighted by Gasteiger charge is 2.35. The number of hydrazine groups is 1. The van der Waals surface area contributed by atoms with E-state index in [1.807, 2.05) is 40.7 Å². The van der Waals surface area contributed by atoms with Crippen molar-refractivity contribution >= 4 is 34.6 Å². The van der Waals surface area contributed by atoms with Crippen LogP contribution in [0.3, 0.4) is 0 Å². The van der Waals surface area contributed by atoms with E-state index in [9.17, 15) is 14.4 Å². The van der Waals surface area contributed by atoms with E-state index in [0.717, 1.165) is 16.3 Å². The van der Waals surface area contributed by atoms with Crippen LogP contribution in [-0.2, 0) is 6.54 Å². The SMILES string of the molecule is Cc1cc([C@H](Nc2c(Nc3ccc(Cl)c4c3C(=O)N(N)C4)c(=O)c2=O)C(C)(C)C)oc1C. The van der Waals surface area contributed by atoms with Gasteiger partial charge in [0, 0.05) is 10.6 Å². The standard InChI is InChI=1S/C23H25ClN4O4/c1-10-8-15(32-11(10)2)21(23(3,4)5)27-18-17(19(29)20(18)30)26-14-7-6-13(24)12-9-28(25)22(31)16(12)14/h6-8,21,26-27H,9,25H2,1-5H3/t21-/m0/s1. The van der Waals surface area contributed by atoms with Crippen molar-refractivity contribution in [3.05, 3.63) is 71.9 Å². The van der Waals surface area contributed by atoms with E-state index in [4.69, 9.17) is 21.9 Å². The molecule has 168 valence electrons. The number of benzene rings is 1. The summed E-state index contributed by atoms with van der Waals surface area (Å²) in [5.74, 6) is 6.81. The number of carbonyl (C=O) groups is 1. The molecule has 2 heterocycles. The van der Waals surface area contributed by atoms with Crippen LogP contribution < -0.4 is 27.3 Å². The van der Waals surface area contributed by atoms with Crippen molar-refractivity contribution in [3.63, 3.8) is 0 Å². The molecular formula is C23H25ClN4O4. The first-order chi connectivity index (χ1) is 14.9. The Labute approximate surface area is 190 Å². The second kappa shape index (κ2) is 7.50. The van der Waals surface area contributed by atoms with Gasteiger partial charge in [-0.05, 0) is 43.0 Å². The van der Waals surface area contributed by atoms with Crippen molar-refractivity contribution in [1.82, 2.24) is 5.01 Å². The third-order valence-corrected chi connectivity index (χ3v) is 6.21. The minimum absolute atomic E-state index is 0.0945. The monoisotopic (exact) mass is 456 g/mol. The number of nitrogens with two attached hydrogens (primary N) is 1. The Morgan fingerprint density at radius 3 is 2.38 bits per heavy atom. The number of hydrogen-bond acceptors (Lipinski definition) is 7. The van der Waals surface area contributed by atoms with Gasteiger partial charge in [0.1, 0.15) is 22.9 Å². The van der Waals surface area contributed by atoms with Crippen LogP contribution in [0.2, 0.25) is 5.02 Å². The second-order valence-electron chi connectivity index (χ2n) is 9.25. The molecule has 0 unspecified atom stereocenters. The quantitative estimate of drug-likeness (QED) is 0.302. The Balaban J connectivity index is 1.72.